The number of piperazine rings is 1. The van der Waals surface area contributed by atoms with Gasteiger partial charge in [0.2, 0.25) is 0 Å². The minimum absolute atomic E-state index is 0.387. The zero-order valence-electron chi connectivity index (χ0n) is 17.3. The molecule has 3 aromatic rings. The predicted octanol–water partition coefficient (Wildman–Crippen LogP) is 6.03. The second-order valence-electron chi connectivity index (χ2n) is 7.89. The van der Waals surface area contributed by atoms with Crippen LogP contribution in [0.2, 0.25) is 0 Å². The molecule has 4 rings (SSSR count). The number of phenols is 1. The Morgan fingerprint density at radius 3 is 2.43 bits per heavy atom. The Hall–Kier alpha value is -1.57. The van der Waals surface area contributed by atoms with Crippen LogP contribution in [0.25, 0.3) is 10.4 Å². The quantitative estimate of drug-likeness (QED) is 0.347. The molecule has 1 saturated heterocycles. The van der Waals surface area contributed by atoms with Crippen LogP contribution in [0, 0.1) is 3.82 Å². The van der Waals surface area contributed by atoms with Gasteiger partial charge in [0, 0.05) is 50.3 Å². The van der Waals surface area contributed by atoms with Gasteiger partial charge in [0.1, 0.15) is 9.57 Å². The molecule has 2 heterocycles. The van der Waals surface area contributed by atoms with Crippen molar-refractivity contribution in [1.29, 1.82) is 0 Å². The number of aromatic hydroxyl groups is 1. The molecule has 0 radical (unpaired) electrons. The van der Waals surface area contributed by atoms with Crippen molar-refractivity contribution in [3.8, 4) is 16.2 Å². The lowest BCUT2D eigenvalue weighted by Gasteiger charge is -2.34. The standard InChI is InChI=1S/C24H28N2OS3/c1-2-10-25-11-13-26(14-12-25)17-20-16-19(8-9-22(20)27)23-21(24(28)30-29-23)15-18-6-4-3-5-7-18/h3-9,16,27H,2,10-15,17H2,1H3. The molecule has 158 valence electrons. The molecule has 0 aliphatic carbocycles. The van der Waals surface area contributed by atoms with E-state index < -0.39 is 0 Å². The maximum absolute atomic E-state index is 10.5. The minimum Gasteiger partial charge on any atom is -0.508 e. The highest BCUT2D eigenvalue weighted by molar-refractivity contribution is 7.80. The van der Waals surface area contributed by atoms with Crippen LogP contribution in [-0.4, -0.2) is 47.6 Å². The molecule has 0 spiro atoms. The van der Waals surface area contributed by atoms with Crippen molar-refractivity contribution in [2.75, 3.05) is 32.7 Å². The van der Waals surface area contributed by atoms with Gasteiger partial charge in [0.05, 0.1) is 4.88 Å². The van der Waals surface area contributed by atoms with E-state index in [0.717, 1.165) is 54.1 Å². The van der Waals surface area contributed by atoms with Crippen molar-refractivity contribution in [3.05, 3.63) is 69.0 Å². The molecule has 0 atom stereocenters. The molecule has 30 heavy (non-hydrogen) atoms. The van der Waals surface area contributed by atoms with E-state index in [0.29, 0.717) is 5.75 Å². The Balaban J connectivity index is 1.53. The summed E-state index contributed by atoms with van der Waals surface area (Å²) in [4.78, 5) is 6.22. The summed E-state index contributed by atoms with van der Waals surface area (Å²) in [5, 5.41) is 10.5. The van der Waals surface area contributed by atoms with E-state index in [1.54, 1.807) is 20.7 Å². The van der Waals surface area contributed by atoms with Crippen molar-refractivity contribution < 1.29 is 5.11 Å². The van der Waals surface area contributed by atoms with Crippen LogP contribution < -0.4 is 0 Å². The fourth-order valence-electron chi connectivity index (χ4n) is 4.03. The summed E-state index contributed by atoms with van der Waals surface area (Å²) in [6.45, 7) is 8.55. The zero-order chi connectivity index (χ0) is 20.9. The van der Waals surface area contributed by atoms with E-state index in [1.165, 1.54) is 29.0 Å². The van der Waals surface area contributed by atoms with E-state index in [2.05, 4.69) is 47.1 Å². The number of rotatable bonds is 7. The third kappa shape index (κ3) is 5.18. The largest absolute Gasteiger partial charge is 0.508 e. The first-order valence-electron chi connectivity index (χ1n) is 10.6. The SMILES string of the molecule is CCCN1CCN(Cc2cc(-c3ssc(=S)c3Cc3ccccc3)ccc2O)CC1. The van der Waals surface area contributed by atoms with Crippen molar-refractivity contribution in [3.63, 3.8) is 0 Å². The van der Waals surface area contributed by atoms with E-state index in [1.807, 2.05) is 18.2 Å². The van der Waals surface area contributed by atoms with E-state index in [4.69, 9.17) is 12.2 Å². The van der Waals surface area contributed by atoms with Crippen molar-refractivity contribution in [1.82, 2.24) is 9.80 Å². The van der Waals surface area contributed by atoms with Crippen molar-refractivity contribution in [2.45, 2.75) is 26.3 Å². The van der Waals surface area contributed by atoms with E-state index in [9.17, 15) is 5.11 Å². The average Bonchev–Trinajstić information content (AvgIpc) is 3.12. The highest BCUT2D eigenvalue weighted by Crippen LogP contribution is 2.38. The molecule has 1 aliphatic heterocycles. The Kier molecular flexibility index (Phi) is 7.33. The molecule has 1 aromatic heterocycles. The maximum atomic E-state index is 10.5. The molecule has 0 amide bonds. The lowest BCUT2D eigenvalue weighted by Crippen LogP contribution is -2.45. The molecule has 1 N–H and O–H groups in total. The Labute approximate surface area is 191 Å². The molecule has 6 heteroatoms. The molecule has 2 aromatic carbocycles. The van der Waals surface area contributed by atoms with Gasteiger partial charge in [-0.25, -0.2) is 0 Å². The van der Waals surface area contributed by atoms with Crippen LogP contribution >= 0.6 is 32.9 Å². The number of hydrogen-bond donors (Lipinski definition) is 1. The number of benzene rings is 2. The molecular formula is C24H28N2OS3. The normalized spacial score (nSPS) is 15.5. The second kappa shape index (κ2) is 10.2. The topological polar surface area (TPSA) is 26.7 Å². The lowest BCUT2D eigenvalue weighted by molar-refractivity contribution is 0.126. The lowest BCUT2D eigenvalue weighted by atomic mass is 10.0. The van der Waals surface area contributed by atoms with Crippen LogP contribution in [0.5, 0.6) is 5.75 Å². The molecule has 0 bridgehead atoms. The van der Waals surface area contributed by atoms with E-state index in [-0.39, 0.29) is 0 Å². The van der Waals surface area contributed by atoms with Crippen molar-refractivity contribution >= 4 is 32.9 Å². The minimum atomic E-state index is 0.387. The monoisotopic (exact) mass is 456 g/mol. The summed E-state index contributed by atoms with van der Waals surface area (Å²) < 4.78 is 0.973. The van der Waals surface area contributed by atoms with Gasteiger partial charge in [-0.3, -0.25) is 4.90 Å². The van der Waals surface area contributed by atoms with E-state index >= 15 is 0 Å². The highest BCUT2D eigenvalue weighted by Gasteiger charge is 2.19. The summed E-state index contributed by atoms with van der Waals surface area (Å²) >= 11 is 5.66. The van der Waals surface area contributed by atoms with Crippen LogP contribution in [-0.2, 0) is 13.0 Å². The van der Waals surface area contributed by atoms with Gasteiger partial charge >= 0.3 is 0 Å². The summed E-state index contributed by atoms with van der Waals surface area (Å²) in [7, 11) is 3.42. The van der Waals surface area contributed by atoms with Gasteiger partial charge in [-0.15, -0.1) is 0 Å². The summed E-state index contributed by atoms with van der Waals surface area (Å²) in [5.74, 6) is 0.387. The van der Waals surface area contributed by atoms with Crippen LogP contribution in [0.3, 0.4) is 0 Å². The van der Waals surface area contributed by atoms with Gasteiger partial charge in [0.25, 0.3) is 0 Å². The first kappa shape index (κ1) is 21.7. The first-order chi connectivity index (χ1) is 14.6. The third-order valence-corrected chi connectivity index (χ3v) is 8.88. The van der Waals surface area contributed by atoms with Gasteiger partial charge < -0.3 is 10.0 Å². The summed E-state index contributed by atoms with van der Waals surface area (Å²) in [5.41, 5.74) is 4.68. The second-order valence-corrected chi connectivity index (χ2v) is 10.7. The summed E-state index contributed by atoms with van der Waals surface area (Å²) in [6.07, 6.45) is 2.06. The zero-order valence-corrected chi connectivity index (χ0v) is 19.8. The maximum Gasteiger partial charge on any atom is 0.120 e. The first-order valence-corrected chi connectivity index (χ1v) is 13.1. The molecule has 0 saturated carbocycles. The Bertz CT molecular complexity index is 1020. The average molecular weight is 457 g/mol. The molecule has 3 nitrogen and oxygen atoms in total. The predicted molar refractivity (Wildman–Crippen MR) is 131 cm³/mol. The molecular weight excluding hydrogens is 428 g/mol. The van der Waals surface area contributed by atoms with Crippen LogP contribution in [0.15, 0.2) is 48.5 Å². The number of phenolic OH excluding ortho intramolecular Hbond substituents is 1. The molecule has 1 fully saturated rings. The van der Waals surface area contributed by atoms with Crippen LogP contribution in [0.4, 0.5) is 0 Å². The molecule has 0 unspecified atom stereocenters. The van der Waals surface area contributed by atoms with Gasteiger partial charge in [0.15, 0.2) is 0 Å². The Morgan fingerprint density at radius 1 is 0.967 bits per heavy atom. The fraction of sp³-hybridized carbons (Fsp3) is 0.375. The van der Waals surface area contributed by atoms with Crippen LogP contribution in [0.1, 0.15) is 30.0 Å². The van der Waals surface area contributed by atoms with Crippen molar-refractivity contribution in [2.24, 2.45) is 0 Å². The van der Waals surface area contributed by atoms with Gasteiger partial charge in [-0.05, 0) is 42.3 Å². The fourth-order valence-corrected chi connectivity index (χ4v) is 6.94. The summed E-state index contributed by atoms with van der Waals surface area (Å²) in [6, 6.07) is 16.5. The van der Waals surface area contributed by atoms with Gasteiger partial charge in [-0.1, -0.05) is 70.2 Å². The number of hydrogen-bond acceptors (Lipinski definition) is 6. The van der Waals surface area contributed by atoms with Gasteiger partial charge in [-0.2, -0.15) is 0 Å². The molecule has 1 aliphatic rings. The Morgan fingerprint density at radius 2 is 1.70 bits per heavy atom. The smallest absolute Gasteiger partial charge is 0.120 e. The highest BCUT2D eigenvalue weighted by atomic mass is 32.9. The number of nitrogens with zero attached hydrogens (tertiary/aromatic N) is 2. The third-order valence-electron chi connectivity index (χ3n) is 5.69.